The smallest absolute Gasteiger partial charge is 0.257 e. The highest BCUT2D eigenvalue weighted by atomic mass is 16.3. The first-order chi connectivity index (χ1) is 10.9. The summed E-state index contributed by atoms with van der Waals surface area (Å²) in [6, 6.07) is 4.60. The average Bonchev–Trinajstić information content (AvgIpc) is 2.54. The van der Waals surface area contributed by atoms with Crippen LogP contribution in [0.5, 0.6) is 5.75 Å². The summed E-state index contributed by atoms with van der Waals surface area (Å²) in [6.07, 6.45) is 0.802. The van der Waals surface area contributed by atoms with E-state index < -0.39 is 10.9 Å². The lowest BCUT2D eigenvalue weighted by Gasteiger charge is -2.17. The molecule has 2 aromatic carbocycles. The minimum Gasteiger partial charge on any atom is -0.505 e. The Hall–Kier alpha value is -2.83. The number of anilines is 3. The topological polar surface area (TPSA) is 98.7 Å². The minimum absolute atomic E-state index is 0. The summed E-state index contributed by atoms with van der Waals surface area (Å²) in [5.41, 5.74) is -0.604. The van der Waals surface area contributed by atoms with Crippen molar-refractivity contribution in [2.75, 3.05) is 31.3 Å². The van der Waals surface area contributed by atoms with E-state index in [4.69, 9.17) is 0 Å². The number of carbonyl (C=O) groups is 1. The number of para-hydroxylation sites is 1. The molecule has 0 unspecified atom stereocenters. The lowest BCUT2D eigenvalue weighted by Crippen LogP contribution is -2.36. The van der Waals surface area contributed by atoms with Gasteiger partial charge in [-0.1, -0.05) is 13.0 Å². The van der Waals surface area contributed by atoms with E-state index in [-0.39, 0.29) is 37.1 Å². The molecule has 0 bridgehead atoms. The molecule has 0 fully saturated rings. The summed E-state index contributed by atoms with van der Waals surface area (Å²) in [5.74, 6) is -0.624. The van der Waals surface area contributed by atoms with Crippen LogP contribution in [0.3, 0.4) is 0 Å². The summed E-state index contributed by atoms with van der Waals surface area (Å²) < 4.78 is 0. The second-order valence-electron chi connectivity index (χ2n) is 5.36. The second kappa shape index (κ2) is 6.51. The number of nitrogens with one attached hydrogen (secondary N) is 2. The van der Waals surface area contributed by atoms with Crippen molar-refractivity contribution in [2.24, 2.45) is 0 Å². The Bertz CT molecular complexity index is 814. The van der Waals surface area contributed by atoms with Crippen LogP contribution in [0.4, 0.5) is 17.1 Å². The molecule has 0 aliphatic heterocycles. The van der Waals surface area contributed by atoms with Gasteiger partial charge >= 0.3 is 0 Å². The molecule has 2 aromatic rings. The third-order valence-electron chi connectivity index (χ3n) is 3.39. The van der Waals surface area contributed by atoms with E-state index in [1.165, 1.54) is 17.0 Å². The van der Waals surface area contributed by atoms with E-state index >= 15 is 0 Å². The summed E-state index contributed by atoms with van der Waals surface area (Å²) in [4.78, 5) is 36.6. The molecule has 0 radical (unpaired) electrons. The van der Waals surface area contributed by atoms with Gasteiger partial charge in [0.05, 0.1) is 11.3 Å². The number of nitrogens with zero attached hydrogens (tertiary/aromatic N) is 1. The van der Waals surface area contributed by atoms with Gasteiger partial charge in [0.2, 0.25) is 0 Å². The largest absolute Gasteiger partial charge is 0.505 e. The van der Waals surface area contributed by atoms with Crippen molar-refractivity contribution in [1.82, 2.24) is 4.90 Å². The Kier molecular flexibility index (Phi) is 4.68. The van der Waals surface area contributed by atoms with E-state index in [0.29, 0.717) is 6.54 Å². The number of phenolic OH excluding ortho intramolecular Hbond substituents is 1. The van der Waals surface area contributed by atoms with Gasteiger partial charge in [-0.05, 0) is 18.6 Å². The first kappa shape index (κ1) is 16.5. The summed E-state index contributed by atoms with van der Waals surface area (Å²) in [7, 11) is 3.15. The molecule has 126 valence electrons. The monoisotopic (exact) mass is 321 g/mol. The minimum atomic E-state index is -0.646. The zero-order valence-electron chi connectivity index (χ0n) is 13.3. The van der Waals surface area contributed by atoms with Crippen LogP contribution in [0.2, 0.25) is 0 Å². The summed E-state index contributed by atoms with van der Waals surface area (Å²) >= 11 is 0. The van der Waals surface area contributed by atoms with Crippen LogP contribution >= 0.6 is 0 Å². The molecule has 0 aliphatic rings. The lowest BCUT2D eigenvalue weighted by atomic mass is 10.1. The van der Waals surface area contributed by atoms with Crippen molar-refractivity contribution < 1.29 is 12.8 Å². The van der Waals surface area contributed by atoms with Gasteiger partial charge in [0.1, 0.15) is 11.4 Å². The van der Waals surface area contributed by atoms with Gasteiger partial charge in [0, 0.05) is 23.5 Å². The van der Waals surface area contributed by atoms with E-state index in [1.54, 1.807) is 20.2 Å². The van der Waals surface area contributed by atoms with Crippen molar-refractivity contribution in [3.05, 3.63) is 44.2 Å². The quantitative estimate of drug-likeness (QED) is 0.554. The van der Waals surface area contributed by atoms with E-state index in [9.17, 15) is 19.5 Å². The first-order valence-electron chi connectivity index (χ1n) is 7.26. The summed E-state index contributed by atoms with van der Waals surface area (Å²) in [6.45, 7) is 2.50. The van der Waals surface area contributed by atoms with Gasteiger partial charge in [-0.15, -0.1) is 0 Å². The molecule has 0 aromatic heterocycles. The van der Waals surface area contributed by atoms with Gasteiger partial charge < -0.3 is 20.6 Å². The van der Waals surface area contributed by atoms with Crippen LogP contribution in [0.15, 0.2) is 27.8 Å². The van der Waals surface area contributed by atoms with Crippen LogP contribution in [0.25, 0.3) is 0 Å². The van der Waals surface area contributed by atoms with Gasteiger partial charge in [0.15, 0.2) is 5.75 Å². The molecule has 0 spiro atoms. The van der Waals surface area contributed by atoms with Crippen LogP contribution in [0, 0.1) is 0 Å². The van der Waals surface area contributed by atoms with Crippen molar-refractivity contribution in [3.63, 3.8) is 0 Å². The number of phenols is 1. The van der Waals surface area contributed by atoms with Crippen molar-refractivity contribution in [2.45, 2.75) is 13.3 Å². The molecule has 1 amide bonds. The highest BCUT2D eigenvalue weighted by Gasteiger charge is 2.23. The SMILES string of the molecule is CCCNc1c(Nc2cccc(C(=O)N(C)C)c2O)c(=O)c1=O.[HH].[HH]. The zero-order chi connectivity index (χ0) is 17.1. The molecule has 2 rings (SSSR count). The van der Waals surface area contributed by atoms with Crippen LogP contribution < -0.4 is 21.5 Å². The Morgan fingerprint density at radius 3 is 2.48 bits per heavy atom. The number of aromatic hydroxyl groups is 1. The standard InChI is InChI=1S/C16H19N3O4.2H2/c1-4-8-17-11-12(15(22)14(11)21)18-10-7-5-6-9(13(10)20)16(23)19(2)3;;/h5-7,17-18,20H,4,8H2,1-3H3;2*1H. The van der Waals surface area contributed by atoms with Crippen LogP contribution in [-0.2, 0) is 0 Å². The van der Waals surface area contributed by atoms with Gasteiger partial charge in [-0.25, -0.2) is 0 Å². The number of carbonyl (C=O) groups excluding carboxylic acids is 1. The third kappa shape index (κ3) is 3.03. The Morgan fingerprint density at radius 2 is 1.87 bits per heavy atom. The molecule has 23 heavy (non-hydrogen) atoms. The van der Waals surface area contributed by atoms with Gasteiger partial charge in [-0.2, -0.15) is 0 Å². The Labute approximate surface area is 136 Å². The van der Waals surface area contributed by atoms with E-state index in [1.807, 2.05) is 6.92 Å². The number of hydrogen-bond donors (Lipinski definition) is 3. The van der Waals surface area contributed by atoms with Crippen molar-refractivity contribution in [3.8, 4) is 5.75 Å². The Morgan fingerprint density at radius 1 is 1.22 bits per heavy atom. The molecule has 0 heterocycles. The maximum atomic E-state index is 12.0. The maximum Gasteiger partial charge on any atom is 0.257 e. The molecule has 0 atom stereocenters. The highest BCUT2D eigenvalue weighted by Crippen LogP contribution is 2.31. The fourth-order valence-corrected chi connectivity index (χ4v) is 2.12. The van der Waals surface area contributed by atoms with E-state index in [0.717, 1.165) is 6.42 Å². The normalized spacial score (nSPS) is 10.6. The van der Waals surface area contributed by atoms with Crippen LogP contribution in [-0.4, -0.2) is 36.6 Å². The predicted octanol–water partition coefficient (Wildman–Crippen LogP) is 1.75. The Balaban J connectivity index is 0.00000288. The number of amides is 1. The van der Waals surface area contributed by atoms with Crippen LogP contribution in [0.1, 0.15) is 26.6 Å². The third-order valence-corrected chi connectivity index (χ3v) is 3.39. The first-order valence-corrected chi connectivity index (χ1v) is 7.26. The predicted molar refractivity (Wildman–Crippen MR) is 93.8 cm³/mol. The zero-order valence-corrected chi connectivity index (χ0v) is 13.3. The van der Waals surface area contributed by atoms with Crippen molar-refractivity contribution >= 4 is 23.0 Å². The van der Waals surface area contributed by atoms with Gasteiger partial charge in [-0.3, -0.25) is 14.4 Å². The number of rotatable bonds is 6. The lowest BCUT2D eigenvalue weighted by molar-refractivity contribution is 0.0825. The van der Waals surface area contributed by atoms with E-state index in [2.05, 4.69) is 10.6 Å². The summed E-state index contributed by atoms with van der Waals surface area (Å²) in [5, 5.41) is 15.9. The molecular weight excluding hydrogens is 298 g/mol. The molecule has 7 nitrogen and oxygen atoms in total. The molecule has 3 N–H and O–H groups in total. The maximum absolute atomic E-state index is 12.0. The number of benzene rings is 1. The fourth-order valence-electron chi connectivity index (χ4n) is 2.12. The molecule has 0 saturated carbocycles. The highest BCUT2D eigenvalue weighted by molar-refractivity contribution is 5.99. The number of hydrogen-bond acceptors (Lipinski definition) is 6. The fraction of sp³-hybridized carbons (Fsp3) is 0.312. The van der Waals surface area contributed by atoms with Crippen molar-refractivity contribution in [1.29, 1.82) is 0 Å². The average molecular weight is 321 g/mol. The second-order valence-corrected chi connectivity index (χ2v) is 5.36. The molecule has 7 heteroatoms. The molecular formula is C16H23N3O4. The van der Waals surface area contributed by atoms with Gasteiger partial charge in [0.25, 0.3) is 16.8 Å². The molecule has 0 aliphatic carbocycles. The molecule has 0 saturated heterocycles.